The molecule has 1 N–H and O–H groups in total. The summed E-state index contributed by atoms with van der Waals surface area (Å²) in [4.78, 5) is 30.2. The second kappa shape index (κ2) is 14.5. The van der Waals surface area contributed by atoms with Gasteiger partial charge in [0.05, 0.1) is 10.6 Å². The van der Waals surface area contributed by atoms with E-state index in [2.05, 4.69) is 5.32 Å². The lowest BCUT2D eigenvalue weighted by atomic mass is 10.0. The van der Waals surface area contributed by atoms with Crippen LogP contribution in [0.2, 0.25) is 5.02 Å². The maximum atomic E-state index is 14.6. The number of benzene rings is 4. The highest BCUT2D eigenvalue weighted by molar-refractivity contribution is 7.92. The predicted molar refractivity (Wildman–Crippen MR) is 185 cm³/mol. The van der Waals surface area contributed by atoms with Crippen LogP contribution in [-0.2, 0) is 32.6 Å². The van der Waals surface area contributed by atoms with Crippen LogP contribution in [0.25, 0.3) is 0 Å². The van der Waals surface area contributed by atoms with Gasteiger partial charge in [-0.15, -0.1) is 0 Å². The van der Waals surface area contributed by atoms with Gasteiger partial charge in [-0.05, 0) is 82.5 Å². The highest BCUT2D eigenvalue weighted by Crippen LogP contribution is 2.30. The predicted octanol–water partition coefficient (Wildman–Crippen LogP) is 7.02. The number of hydrogen-bond donors (Lipinski definition) is 1. The maximum Gasteiger partial charge on any atom is 0.264 e. The Balaban J connectivity index is 1.84. The summed E-state index contributed by atoms with van der Waals surface area (Å²) in [6, 6.07) is 27.7. The molecule has 0 bridgehead atoms. The first-order valence-electron chi connectivity index (χ1n) is 15.2. The van der Waals surface area contributed by atoms with Crippen LogP contribution >= 0.6 is 11.6 Å². The largest absolute Gasteiger partial charge is 0.350 e. The number of aryl methyl sites for hydroxylation is 3. The van der Waals surface area contributed by atoms with Crippen LogP contribution in [0, 0.1) is 20.8 Å². The highest BCUT2D eigenvalue weighted by Gasteiger charge is 2.36. The lowest BCUT2D eigenvalue weighted by molar-refractivity contribution is -0.140. The number of hydrogen-bond acceptors (Lipinski definition) is 4. The van der Waals surface area contributed by atoms with Crippen LogP contribution < -0.4 is 9.62 Å². The van der Waals surface area contributed by atoms with E-state index in [0.29, 0.717) is 10.6 Å². The molecule has 0 saturated heterocycles. The van der Waals surface area contributed by atoms with Crippen molar-refractivity contribution in [2.24, 2.45) is 0 Å². The SMILES string of the molecule is Cc1ccc(CN(C(=O)CN(c2cc(Cl)ccc2C)S(=O)(=O)c2ccc(C)cc2)[C@@H](Cc2ccccc2)C(=O)NC(C)(C)C)cc1. The van der Waals surface area contributed by atoms with E-state index >= 15 is 0 Å². The quantitative estimate of drug-likeness (QED) is 0.188. The van der Waals surface area contributed by atoms with Crippen LogP contribution in [0.5, 0.6) is 0 Å². The summed E-state index contributed by atoms with van der Waals surface area (Å²) in [6.07, 6.45) is 0.237. The molecule has 2 amide bonds. The van der Waals surface area contributed by atoms with Crippen molar-refractivity contribution in [3.05, 3.63) is 130 Å². The standard InChI is InChI=1S/C37H42ClN3O4S/c1-26-12-17-30(18-13-26)24-40(34(36(43)39-37(4,5)6)22-29-10-8-7-9-11-29)35(42)25-41(33-23-31(38)19-16-28(33)3)46(44,45)32-20-14-27(2)15-21-32/h7-21,23,34H,22,24-25H2,1-6H3,(H,39,43)/t34-/m0/s1. The molecule has 0 aliphatic heterocycles. The molecule has 1 atom stereocenters. The van der Waals surface area contributed by atoms with Gasteiger partial charge < -0.3 is 10.2 Å². The molecule has 4 aromatic carbocycles. The number of halogens is 1. The summed E-state index contributed by atoms with van der Waals surface area (Å²) >= 11 is 6.37. The third-order valence-electron chi connectivity index (χ3n) is 7.57. The van der Waals surface area contributed by atoms with Crippen LogP contribution in [0.3, 0.4) is 0 Å². The fourth-order valence-corrected chi connectivity index (χ4v) is 6.74. The number of anilines is 1. The monoisotopic (exact) mass is 659 g/mol. The van der Waals surface area contributed by atoms with E-state index < -0.39 is 34.1 Å². The van der Waals surface area contributed by atoms with Gasteiger partial charge in [0.15, 0.2) is 0 Å². The Morgan fingerprint density at radius 1 is 0.804 bits per heavy atom. The molecule has 0 heterocycles. The molecule has 0 radical (unpaired) electrons. The lowest BCUT2D eigenvalue weighted by Gasteiger charge is -2.35. The summed E-state index contributed by atoms with van der Waals surface area (Å²) in [5, 5.41) is 3.38. The Kier molecular flexibility index (Phi) is 11.0. The van der Waals surface area contributed by atoms with Crippen molar-refractivity contribution >= 4 is 39.1 Å². The van der Waals surface area contributed by atoms with Crippen molar-refractivity contribution < 1.29 is 18.0 Å². The Hall–Kier alpha value is -4.14. The zero-order chi connectivity index (χ0) is 33.6. The van der Waals surface area contributed by atoms with Crippen LogP contribution in [-0.4, -0.2) is 43.3 Å². The number of rotatable bonds is 11. The molecule has 0 saturated carbocycles. The second-order valence-electron chi connectivity index (χ2n) is 12.7. The van der Waals surface area contributed by atoms with E-state index in [4.69, 9.17) is 11.6 Å². The Morgan fingerprint density at radius 2 is 1.39 bits per heavy atom. The average Bonchev–Trinajstić information content (AvgIpc) is 2.99. The van der Waals surface area contributed by atoms with E-state index in [1.54, 1.807) is 37.3 Å². The number of carbonyl (C=O) groups excluding carboxylic acids is 2. The van der Waals surface area contributed by atoms with Gasteiger partial charge in [-0.25, -0.2) is 8.42 Å². The smallest absolute Gasteiger partial charge is 0.264 e. The van der Waals surface area contributed by atoms with Gasteiger partial charge in [-0.2, -0.15) is 0 Å². The second-order valence-corrected chi connectivity index (χ2v) is 15.0. The lowest BCUT2D eigenvalue weighted by Crippen LogP contribution is -2.56. The molecular weight excluding hydrogens is 618 g/mol. The Bertz CT molecular complexity index is 1770. The minimum atomic E-state index is -4.22. The number of amides is 2. The fraction of sp³-hybridized carbons (Fsp3) is 0.297. The molecule has 4 rings (SSSR count). The summed E-state index contributed by atoms with van der Waals surface area (Å²) in [5.74, 6) is -0.857. The first kappa shape index (κ1) is 34.7. The number of sulfonamides is 1. The molecule has 0 aromatic heterocycles. The molecule has 0 unspecified atom stereocenters. The topological polar surface area (TPSA) is 86.8 Å². The minimum absolute atomic E-state index is 0.0432. The van der Waals surface area contributed by atoms with Gasteiger partial charge in [0.1, 0.15) is 12.6 Å². The van der Waals surface area contributed by atoms with Gasteiger partial charge in [0.2, 0.25) is 11.8 Å². The molecule has 0 spiro atoms. The van der Waals surface area contributed by atoms with Crippen molar-refractivity contribution in [3.8, 4) is 0 Å². The van der Waals surface area contributed by atoms with E-state index in [0.717, 1.165) is 26.6 Å². The maximum absolute atomic E-state index is 14.6. The summed E-state index contributed by atoms with van der Waals surface area (Å²) < 4.78 is 29.7. The first-order valence-corrected chi connectivity index (χ1v) is 17.0. The van der Waals surface area contributed by atoms with Crippen LogP contribution in [0.15, 0.2) is 102 Å². The molecule has 9 heteroatoms. The third kappa shape index (κ3) is 8.98. The molecule has 0 aliphatic rings. The van der Waals surface area contributed by atoms with Crippen molar-refractivity contribution in [2.45, 2.75) is 71.0 Å². The number of nitrogens with one attached hydrogen (secondary N) is 1. The molecule has 7 nitrogen and oxygen atoms in total. The first-order chi connectivity index (χ1) is 21.6. The zero-order valence-electron chi connectivity index (χ0n) is 27.2. The van der Waals surface area contributed by atoms with E-state index in [9.17, 15) is 18.0 Å². The molecule has 0 aliphatic carbocycles. The summed E-state index contributed by atoms with van der Waals surface area (Å²) in [6.45, 7) is 10.8. The van der Waals surface area contributed by atoms with Crippen LogP contribution in [0.1, 0.15) is 48.6 Å². The van der Waals surface area contributed by atoms with Crippen molar-refractivity contribution in [2.75, 3.05) is 10.8 Å². The normalized spacial score (nSPS) is 12.3. The number of carbonyl (C=O) groups is 2. The van der Waals surface area contributed by atoms with Crippen molar-refractivity contribution in [1.82, 2.24) is 10.2 Å². The van der Waals surface area contributed by atoms with Crippen molar-refractivity contribution in [1.29, 1.82) is 0 Å². The zero-order valence-corrected chi connectivity index (χ0v) is 28.8. The van der Waals surface area contributed by atoms with Crippen LogP contribution in [0.4, 0.5) is 5.69 Å². The van der Waals surface area contributed by atoms with Gasteiger partial charge in [0.25, 0.3) is 10.0 Å². The summed E-state index contributed by atoms with van der Waals surface area (Å²) in [5.41, 5.74) is 3.99. The van der Waals surface area contributed by atoms with Gasteiger partial charge in [-0.1, -0.05) is 95.5 Å². The molecule has 4 aromatic rings. The molecular formula is C37H42ClN3O4S. The number of nitrogens with zero attached hydrogens (tertiary/aromatic N) is 2. The molecule has 0 fully saturated rings. The van der Waals surface area contributed by atoms with Gasteiger partial charge >= 0.3 is 0 Å². The molecule has 46 heavy (non-hydrogen) atoms. The van der Waals surface area contributed by atoms with Crippen molar-refractivity contribution in [3.63, 3.8) is 0 Å². The van der Waals surface area contributed by atoms with E-state index in [-0.39, 0.29) is 29.5 Å². The average molecular weight is 660 g/mol. The van der Waals surface area contributed by atoms with E-state index in [1.165, 1.54) is 17.0 Å². The summed E-state index contributed by atoms with van der Waals surface area (Å²) in [7, 11) is -4.22. The van der Waals surface area contributed by atoms with Gasteiger partial charge in [0, 0.05) is 23.5 Å². The molecule has 242 valence electrons. The minimum Gasteiger partial charge on any atom is -0.350 e. The highest BCUT2D eigenvalue weighted by atomic mass is 35.5. The Labute approximate surface area is 278 Å². The fourth-order valence-electron chi connectivity index (χ4n) is 5.10. The van der Waals surface area contributed by atoms with E-state index in [1.807, 2.05) is 89.2 Å². The Morgan fingerprint density at radius 3 is 1.98 bits per heavy atom. The van der Waals surface area contributed by atoms with Gasteiger partial charge in [-0.3, -0.25) is 13.9 Å². The third-order valence-corrected chi connectivity index (χ3v) is 9.58.